The predicted molar refractivity (Wildman–Crippen MR) is 228 cm³/mol. The van der Waals surface area contributed by atoms with Gasteiger partial charge in [0.2, 0.25) is 0 Å². The molecule has 0 saturated carbocycles. The van der Waals surface area contributed by atoms with Gasteiger partial charge in [0.15, 0.2) is 0 Å². The van der Waals surface area contributed by atoms with E-state index in [9.17, 15) is 0 Å². The molecule has 0 unspecified atom stereocenters. The summed E-state index contributed by atoms with van der Waals surface area (Å²) >= 11 is 0. The summed E-state index contributed by atoms with van der Waals surface area (Å²) < 4.78 is 13.2. The molecule has 8 aromatic carbocycles. The number of fused-ring (bicyclic) bond motifs is 10. The van der Waals surface area contributed by atoms with Gasteiger partial charge in [-0.2, -0.15) is 0 Å². The van der Waals surface area contributed by atoms with Crippen molar-refractivity contribution in [1.82, 2.24) is 24.1 Å². The first-order valence-electron chi connectivity index (χ1n) is 18.8. The van der Waals surface area contributed by atoms with Gasteiger partial charge < -0.3 is 13.6 Å². The Morgan fingerprint density at radius 2 is 1.02 bits per heavy atom. The third-order valence-corrected chi connectivity index (χ3v) is 11.2. The van der Waals surface area contributed by atoms with Gasteiger partial charge in [0.25, 0.3) is 0 Å². The van der Waals surface area contributed by atoms with Crippen molar-refractivity contribution in [2.45, 2.75) is 0 Å². The van der Waals surface area contributed by atoms with E-state index in [0.29, 0.717) is 0 Å². The molecule has 0 aliphatic heterocycles. The minimum absolute atomic E-state index is 0.849. The largest absolute Gasteiger partial charge is 0.456 e. The summed E-state index contributed by atoms with van der Waals surface area (Å²) in [5.41, 5.74) is 13.3. The van der Waals surface area contributed by atoms with Crippen molar-refractivity contribution in [2.24, 2.45) is 0 Å². The molecule has 0 amide bonds. The van der Waals surface area contributed by atoms with Crippen LogP contribution in [0.2, 0.25) is 0 Å². The van der Waals surface area contributed by atoms with Crippen molar-refractivity contribution in [2.75, 3.05) is 0 Å². The fourth-order valence-electron chi connectivity index (χ4n) is 8.78. The zero-order valence-electron chi connectivity index (χ0n) is 30.0. The highest BCUT2D eigenvalue weighted by Crippen LogP contribution is 2.42. The Labute approximate surface area is 320 Å². The van der Waals surface area contributed by atoms with Gasteiger partial charge in [-0.05, 0) is 66.7 Å². The summed E-state index contributed by atoms with van der Waals surface area (Å²) in [7, 11) is 0. The normalized spacial score (nSPS) is 11.9. The van der Waals surface area contributed by atoms with Crippen molar-refractivity contribution in [3.63, 3.8) is 0 Å². The molecule has 0 N–H and O–H groups in total. The molecule has 56 heavy (non-hydrogen) atoms. The molecule has 6 heteroatoms. The van der Waals surface area contributed by atoms with Crippen molar-refractivity contribution < 1.29 is 4.42 Å². The van der Waals surface area contributed by atoms with Crippen molar-refractivity contribution >= 4 is 65.6 Å². The summed E-state index contributed by atoms with van der Waals surface area (Å²) in [4.78, 5) is 0. The van der Waals surface area contributed by atoms with E-state index < -0.39 is 0 Å². The van der Waals surface area contributed by atoms with E-state index in [1.54, 1.807) is 0 Å². The van der Waals surface area contributed by atoms with Gasteiger partial charge >= 0.3 is 0 Å². The number of furan rings is 1. The fraction of sp³-hybridized carbons (Fsp3) is 0. The molecule has 262 valence electrons. The summed E-state index contributed by atoms with van der Waals surface area (Å²) in [5.74, 6) is 0. The van der Waals surface area contributed by atoms with Crippen LogP contribution in [0.15, 0.2) is 192 Å². The van der Waals surface area contributed by atoms with E-state index in [1.165, 1.54) is 16.2 Å². The molecule has 0 radical (unpaired) electrons. The monoisotopic (exact) mass is 717 g/mol. The van der Waals surface area contributed by atoms with Crippen LogP contribution < -0.4 is 0 Å². The van der Waals surface area contributed by atoms with Crippen LogP contribution in [0.25, 0.3) is 105 Å². The van der Waals surface area contributed by atoms with E-state index in [-0.39, 0.29) is 0 Å². The first-order chi connectivity index (χ1) is 27.8. The van der Waals surface area contributed by atoms with E-state index in [2.05, 4.69) is 167 Å². The van der Waals surface area contributed by atoms with E-state index in [1.807, 2.05) is 35.0 Å². The Balaban J connectivity index is 1.08. The molecule has 4 aromatic heterocycles. The SMILES string of the molecule is c1ccc(-c2nnn(-c3ccc4c(c3)c3ccccc3n4-c3cccc(-n4c5ccccc5c5ccc6oc7ccccc7c6c54)c3)c2-c2ccccc2)cc1. The van der Waals surface area contributed by atoms with Gasteiger partial charge in [0.05, 0.1) is 33.1 Å². The number of benzene rings is 8. The zero-order chi connectivity index (χ0) is 36.7. The lowest BCUT2D eigenvalue weighted by Gasteiger charge is -2.13. The number of hydrogen-bond donors (Lipinski definition) is 0. The molecule has 0 bridgehead atoms. The van der Waals surface area contributed by atoms with Crippen LogP contribution in [0.1, 0.15) is 0 Å². The molecule has 0 atom stereocenters. The van der Waals surface area contributed by atoms with Gasteiger partial charge in [-0.15, -0.1) is 5.10 Å². The molecule has 0 spiro atoms. The highest BCUT2D eigenvalue weighted by Gasteiger charge is 2.22. The highest BCUT2D eigenvalue weighted by molar-refractivity contribution is 6.24. The number of hydrogen-bond acceptors (Lipinski definition) is 3. The minimum Gasteiger partial charge on any atom is -0.456 e. The van der Waals surface area contributed by atoms with Crippen molar-refractivity contribution in [3.8, 4) is 39.6 Å². The maximum absolute atomic E-state index is 6.40. The first-order valence-corrected chi connectivity index (χ1v) is 18.8. The number of aromatic nitrogens is 5. The smallest absolute Gasteiger partial charge is 0.137 e. The third kappa shape index (κ3) is 4.44. The lowest BCUT2D eigenvalue weighted by Crippen LogP contribution is -2.00. The van der Waals surface area contributed by atoms with Gasteiger partial charge in [-0.25, -0.2) is 4.68 Å². The standard InChI is InChI=1S/C50H31N5O/c1-3-14-32(15-4-1)48-49(33-16-5-2-6-17-33)55(52-51-48)36-26-28-44-41(31-36)38-21-8-10-23-42(38)53(44)34-18-13-19-35(30-34)54-43-24-11-7-20-37(43)39-27-29-46-47(50(39)54)40-22-9-12-25-45(40)56-46/h1-31H. The first kappa shape index (κ1) is 30.7. The van der Waals surface area contributed by atoms with Gasteiger partial charge in [-0.3, -0.25) is 0 Å². The topological polar surface area (TPSA) is 53.7 Å². The Hall–Kier alpha value is -7.70. The van der Waals surface area contributed by atoms with Gasteiger partial charge in [0.1, 0.15) is 22.6 Å². The molecule has 0 fully saturated rings. The molecule has 12 rings (SSSR count). The molecule has 0 saturated heterocycles. The zero-order valence-corrected chi connectivity index (χ0v) is 30.0. The molecular weight excluding hydrogens is 687 g/mol. The average Bonchev–Trinajstić information content (AvgIpc) is 4.03. The lowest BCUT2D eigenvalue weighted by molar-refractivity contribution is 0.669. The fourth-order valence-corrected chi connectivity index (χ4v) is 8.78. The second-order valence-corrected chi connectivity index (χ2v) is 14.3. The van der Waals surface area contributed by atoms with E-state index >= 15 is 0 Å². The van der Waals surface area contributed by atoms with E-state index in [4.69, 9.17) is 14.7 Å². The number of nitrogens with zero attached hydrogens (tertiary/aromatic N) is 5. The Morgan fingerprint density at radius 1 is 0.393 bits per heavy atom. The van der Waals surface area contributed by atoms with Crippen LogP contribution in [0.3, 0.4) is 0 Å². The summed E-state index contributed by atoms with van der Waals surface area (Å²) in [6.45, 7) is 0. The molecule has 0 aliphatic carbocycles. The van der Waals surface area contributed by atoms with Crippen LogP contribution in [-0.4, -0.2) is 24.1 Å². The van der Waals surface area contributed by atoms with Crippen molar-refractivity contribution in [1.29, 1.82) is 0 Å². The Bertz CT molecular complexity index is 3480. The average molecular weight is 718 g/mol. The van der Waals surface area contributed by atoms with Gasteiger partial charge in [0, 0.05) is 49.4 Å². The quantitative estimate of drug-likeness (QED) is 0.178. The molecule has 6 nitrogen and oxygen atoms in total. The Morgan fingerprint density at radius 3 is 1.80 bits per heavy atom. The third-order valence-electron chi connectivity index (χ3n) is 11.2. The van der Waals surface area contributed by atoms with Crippen LogP contribution >= 0.6 is 0 Å². The van der Waals surface area contributed by atoms with Gasteiger partial charge in [-0.1, -0.05) is 127 Å². The predicted octanol–water partition coefficient (Wildman–Crippen LogP) is 12.7. The van der Waals surface area contributed by atoms with Crippen LogP contribution in [0.5, 0.6) is 0 Å². The summed E-state index contributed by atoms with van der Waals surface area (Å²) in [6.07, 6.45) is 0. The van der Waals surface area contributed by atoms with Crippen molar-refractivity contribution in [3.05, 3.63) is 188 Å². The Kier molecular flexibility index (Phi) is 6.53. The second-order valence-electron chi connectivity index (χ2n) is 14.3. The van der Waals surface area contributed by atoms with Crippen LogP contribution in [-0.2, 0) is 0 Å². The highest BCUT2D eigenvalue weighted by atomic mass is 16.3. The van der Waals surface area contributed by atoms with Crippen LogP contribution in [0, 0.1) is 0 Å². The van der Waals surface area contributed by atoms with Crippen LogP contribution in [0.4, 0.5) is 0 Å². The second kappa shape index (κ2) is 11.9. The minimum atomic E-state index is 0.849. The lowest BCUT2D eigenvalue weighted by atomic mass is 10.0. The summed E-state index contributed by atoms with van der Waals surface area (Å²) in [6, 6.07) is 66.2. The molecule has 0 aliphatic rings. The maximum Gasteiger partial charge on any atom is 0.137 e. The summed E-state index contributed by atoms with van der Waals surface area (Å²) in [5, 5.41) is 16.5. The maximum atomic E-state index is 6.40. The molecule has 12 aromatic rings. The van der Waals surface area contributed by atoms with E-state index in [0.717, 1.165) is 89.0 Å². The molecular formula is C50H31N5O. The number of para-hydroxylation sites is 3. The number of rotatable bonds is 5. The molecule has 4 heterocycles.